The number of fused-ring (bicyclic) bond motifs is 1. The highest BCUT2D eigenvalue weighted by Crippen LogP contribution is 2.18. The van der Waals surface area contributed by atoms with Crippen LogP contribution in [0.15, 0.2) is 6.07 Å². The number of hydrogen-bond donors (Lipinski definition) is 2. The van der Waals surface area contributed by atoms with Gasteiger partial charge in [0.05, 0.1) is 6.61 Å². The molecule has 0 spiro atoms. The summed E-state index contributed by atoms with van der Waals surface area (Å²) in [6, 6.07) is 1.73. The van der Waals surface area contributed by atoms with Crippen molar-refractivity contribution in [2.24, 2.45) is 0 Å². The molecule has 0 unspecified atom stereocenters. The molecular weight excluding hydrogens is 260 g/mol. The van der Waals surface area contributed by atoms with E-state index >= 15 is 0 Å². The maximum absolute atomic E-state index is 11.9. The summed E-state index contributed by atoms with van der Waals surface area (Å²) in [6.45, 7) is 5.50. The van der Waals surface area contributed by atoms with Crippen molar-refractivity contribution >= 4 is 11.8 Å². The quantitative estimate of drug-likeness (QED) is 0.813. The number of nitrogens with one attached hydrogen (secondary N) is 2. The van der Waals surface area contributed by atoms with E-state index in [1.54, 1.807) is 10.7 Å². The minimum Gasteiger partial charge on any atom is -0.478 e. The first-order chi connectivity index (χ1) is 9.56. The molecule has 2 rings (SSSR count). The van der Waals surface area contributed by atoms with Crippen LogP contribution in [-0.2, 0) is 11.3 Å². The Bertz CT molecular complexity index is 472. The molecule has 0 bridgehead atoms. The van der Waals surface area contributed by atoms with Gasteiger partial charge in [0.25, 0.3) is 5.91 Å². The third-order valence-corrected chi connectivity index (χ3v) is 2.83. The van der Waals surface area contributed by atoms with Crippen LogP contribution in [0.2, 0.25) is 0 Å². The van der Waals surface area contributed by atoms with Crippen molar-refractivity contribution in [2.75, 3.05) is 13.2 Å². The minimum absolute atomic E-state index is 0.0761. The third-order valence-electron chi connectivity index (χ3n) is 2.83. The number of carbonyl (C=O) groups excluding carboxylic acids is 2. The average molecular weight is 280 g/mol. The summed E-state index contributed by atoms with van der Waals surface area (Å²) >= 11 is 0. The predicted molar refractivity (Wildman–Crippen MR) is 72.6 cm³/mol. The Morgan fingerprint density at radius 2 is 2.30 bits per heavy atom. The highest BCUT2D eigenvalue weighted by molar-refractivity contribution is 5.92. The van der Waals surface area contributed by atoms with Crippen LogP contribution in [0.25, 0.3) is 0 Å². The van der Waals surface area contributed by atoms with Crippen LogP contribution in [0.4, 0.5) is 0 Å². The fraction of sp³-hybridized carbons (Fsp3) is 0.615. The van der Waals surface area contributed by atoms with Gasteiger partial charge in [0.1, 0.15) is 0 Å². The molecule has 0 fully saturated rings. The second-order valence-corrected chi connectivity index (χ2v) is 5.02. The van der Waals surface area contributed by atoms with Gasteiger partial charge in [0, 0.05) is 38.0 Å². The summed E-state index contributed by atoms with van der Waals surface area (Å²) in [5.41, 5.74) is 0.325. The fourth-order valence-electron chi connectivity index (χ4n) is 1.95. The maximum atomic E-state index is 11.9. The molecular formula is C13H20N4O3. The Hall–Kier alpha value is -2.05. The predicted octanol–water partition coefficient (Wildman–Crippen LogP) is 0.310. The molecule has 1 aliphatic heterocycles. The molecule has 1 aliphatic rings. The SMILES string of the molecule is CC(C)NC(=O)CCNC(=O)c1cc2n(n1)CCCO2. The Morgan fingerprint density at radius 1 is 1.50 bits per heavy atom. The smallest absolute Gasteiger partial charge is 0.271 e. The molecule has 0 radical (unpaired) electrons. The van der Waals surface area contributed by atoms with Crippen LogP contribution in [0, 0.1) is 0 Å². The maximum Gasteiger partial charge on any atom is 0.271 e. The zero-order valence-corrected chi connectivity index (χ0v) is 11.8. The van der Waals surface area contributed by atoms with Gasteiger partial charge in [-0.2, -0.15) is 5.10 Å². The van der Waals surface area contributed by atoms with Gasteiger partial charge in [-0.05, 0) is 13.8 Å². The summed E-state index contributed by atoms with van der Waals surface area (Å²) in [5.74, 6) is 0.263. The number of hydrogen-bond acceptors (Lipinski definition) is 4. The largest absolute Gasteiger partial charge is 0.478 e. The van der Waals surface area contributed by atoms with Crippen molar-refractivity contribution in [1.82, 2.24) is 20.4 Å². The van der Waals surface area contributed by atoms with Crippen LogP contribution in [0.5, 0.6) is 5.88 Å². The lowest BCUT2D eigenvalue weighted by atomic mass is 10.3. The van der Waals surface area contributed by atoms with E-state index in [2.05, 4.69) is 15.7 Å². The summed E-state index contributed by atoms with van der Waals surface area (Å²) < 4.78 is 7.08. The highest BCUT2D eigenvalue weighted by atomic mass is 16.5. The van der Waals surface area contributed by atoms with Gasteiger partial charge in [-0.25, -0.2) is 4.68 Å². The van der Waals surface area contributed by atoms with Gasteiger partial charge >= 0.3 is 0 Å². The van der Waals surface area contributed by atoms with Crippen LogP contribution in [0.3, 0.4) is 0 Å². The summed E-state index contributed by atoms with van der Waals surface area (Å²) in [7, 11) is 0. The number of nitrogens with zero attached hydrogens (tertiary/aromatic N) is 2. The van der Waals surface area contributed by atoms with Crippen molar-refractivity contribution in [2.45, 2.75) is 39.3 Å². The van der Waals surface area contributed by atoms with Crippen LogP contribution in [-0.4, -0.2) is 40.8 Å². The van der Waals surface area contributed by atoms with E-state index in [-0.39, 0.29) is 24.3 Å². The van der Waals surface area contributed by atoms with E-state index in [1.807, 2.05) is 13.8 Å². The van der Waals surface area contributed by atoms with Crippen molar-refractivity contribution in [3.63, 3.8) is 0 Å². The van der Waals surface area contributed by atoms with Crippen molar-refractivity contribution < 1.29 is 14.3 Å². The van der Waals surface area contributed by atoms with Crippen LogP contribution < -0.4 is 15.4 Å². The molecule has 20 heavy (non-hydrogen) atoms. The van der Waals surface area contributed by atoms with Crippen molar-refractivity contribution in [1.29, 1.82) is 0 Å². The van der Waals surface area contributed by atoms with E-state index in [0.717, 1.165) is 13.0 Å². The number of carbonyl (C=O) groups is 2. The number of ether oxygens (including phenoxy) is 1. The van der Waals surface area contributed by atoms with E-state index in [4.69, 9.17) is 4.74 Å². The van der Waals surface area contributed by atoms with Gasteiger partial charge in [0.2, 0.25) is 11.8 Å². The summed E-state index contributed by atoms with van der Waals surface area (Å²) in [4.78, 5) is 23.3. The Balaban J connectivity index is 1.80. The van der Waals surface area contributed by atoms with E-state index < -0.39 is 0 Å². The first-order valence-corrected chi connectivity index (χ1v) is 6.84. The topological polar surface area (TPSA) is 85.3 Å². The second kappa shape index (κ2) is 6.40. The van der Waals surface area contributed by atoms with Crippen LogP contribution in [0.1, 0.15) is 37.2 Å². The highest BCUT2D eigenvalue weighted by Gasteiger charge is 2.17. The molecule has 110 valence electrons. The fourth-order valence-corrected chi connectivity index (χ4v) is 1.95. The molecule has 0 aliphatic carbocycles. The number of rotatable bonds is 5. The molecule has 7 heteroatoms. The van der Waals surface area contributed by atoms with Crippen molar-refractivity contribution in [3.8, 4) is 5.88 Å². The molecule has 2 heterocycles. The van der Waals surface area contributed by atoms with Gasteiger partial charge in [-0.3, -0.25) is 9.59 Å². The average Bonchev–Trinajstić information content (AvgIpc) is 2.81. The van der Waals surface area contributed by atoms with Crippen LogP contribution >= 0.6 is 0 Å². The normalized spacial score (nSPS) is 13.6. The molecule has 1 aromatic rings. The molecule has 2 N–H and O–H groups in total. The first-order valence-electron chi connectivity index (χ1n) is 6.84. The molecule has 7 nitrogen and oxygen atoms in total. The van der Waals surface area contributed by atoms with E-state index in [9.17, 15) is 9.59 Å². The van der Waals surface area contributed by atoms with Gasteiger partial charge < -0.3 is 15.4 Å². The van der Waals surface area contributed by atoms with Gasteiger partial charge in [0.15, 0.2) is 5.69 Å². The van der Waals surface area contributed by atoms with Gasteiger partial charge in [-0.15, -0.1) is 0 Å². The third kappa shape index (κ3) is 3.72. The zero-order valence-electron chi connectivity index (χ0n) is 11.8. The van der Waals surface area contributed by atoms with E-state index in [0.29, 0.717) is 24.7 Å². The Morgan fingerprint density at radius 3 is 3.00 bits per heavy atom. The monoisotopic (exact) mass is 280 g/mol. The lowest BCUT2D eigenvalue weighted by Gasteiger charge is -2.13. The number of amides is 2. The summed E-state index contributed by atoms with van der Waals surface area (Å²) in [6.07, 6.45) is 1.15. The minimum atomic E-state index is -0.284. The standard InChI is InChI=1S/C13H20N4O3/c1-9(2)15-11(18)4-5-14-13(19)10-8-12-17(16-10)6-3-7-20-12/h8-9H,3-7H2,1-2H3,(H,14,19)(H,15,18). The number of aryl methyl sites for hydroxylation is 1. The Labute approximate surface area is 117 Å². The molecule has 0 atom stereocenters. The molecule has 0 aromatic carbocycles. The summed E-state index contributed by atoms with van der Waals surface area (Å²) in [5, 5.41) is 9.62. The molecule has 0 saturated heterocycles. The first kappa shape index (κ1) is 14.4. The number of aromatic nitrogens is 2. The second-order valence-electron chi connectivity index (χ2n) is 5.02. The molecule has 2 amide bonds. The van der Waals surface area contributed by atoms with Gasteiger partial charge in [-0.1, -0.05) is 0 Å². The molecule has 1 aromatic heterocycles. The zero-order chi connectivity index (χ0) is 14.5. The Kier molecular flexibility index (Phi) is 4.60. The van der Waals surface area contributed by atoms with Crippen molar-refractivity contribution in [3.05, 3.63) is 11.8 Å². The van der Waals surface area contributed by atoms with E-state index in [1.165, 1.54) is 0 Å². The lowest BCUT2D eigenvalue weighted by molar-refractivity contribution is -0.121. The lowest BCUT2D eigenvalue weighted by Crippen LogP contribution is -2.34. The molecule has 0 saturated carbocycles.